The summed E-state index contributed by atoms with van der Waals surface area (Å²) in [6.45, 7) is 8.83. The number of benzene rings is 2. The smallest absolute Gasteiger partial charge is 0.119 e. The summed E-state index contributed by atoms with van der Waals surface area (Å²) in [6.07, 6.45) is 4.89. The Morgan fingerprint density at radius 1 is 1.10 bits per heavy atom. The molecule has 0 N–H and O–H groups in total. The number of hydrogen-bond donors (Lipinski definition) is 0. The molecule has 3 aliphatic carbocycles. The Bertz CT molecular complexity index is 1000. The Kier molecular flexibility index (Phi) is 4.11. The standard InChI is InChI=1S/C27H34N2O2/c1-19-8-10-22(11-9-19)28-17-26(21-6-5-7-23(14-21)30-4)16-27(31-29(26)18-28)13-12-20-15-24(27)25(20,2)3/h5-11,14,20,24H,12-13,15-18H2,1-4H3/t20-,24-,26-,27-/m0/s1. The number of hydroxylamine groups is 2. The van der Waals surface area contributed by atoms with Crippen molar-refractivity contribution >= 4 is 5.69 Å². The molecule has 5 fully saturated rings. The Balaban J connectivity index is 1.40. The van der Waals surface area contributed by atoms with Crippen LogP contribution in [0.5, 0.6) is 5.75 Å². The fourth-order valence-electron chi connectivity index (χ4n) is 7.23. The maximum atomic E-state index is 7.06. The monoisotopic (exact) mass is 418 g/mol. The van der Waals surface area contributed by atoms with Crippen molar-refractivity contribution in [1.82, 2.24) is 5.06 Å². The molecule has 2 bridgehead atoms. The van der Waals surface area contributed by atoms with Crippen molar-refractivity contribution in [3.63, 3.8) is 0 Å². The SMILES string of the molecule is COc1cccc([C@]23CN(c4ccc(C)cc4)CN2O[C@@]2(CC[C@H]4C[C@H]2C4(C)C)C3)c1. The minimum Gasteiger partial charge on any atom is -0.497 e. The van der Waals surface area contributed by atoms with Gasteiger partial charge in [-0.3, -0.25) is 4.84 Å². The lowest BCUT2D eigenvalue weighted by Gasteiger charge is -2.63. The molecule has 2 aliphatic heterocycles. The molecule has 3 saturated carbocycles. The molecule has 164 valence electrons. The average Bonchev–Trinajstić information content (AvgIpc) is 3.26. The molecule has 2 heterocycles. The summed E-state index contributed by atoms with van der Waals surface area (Å²) in [5.74, 6) is 2.45. The van der Waals surface area contributed by atoms with Crippen molar-refractivity contribution in [1.29, 1.82) is 0 Å². The molecule has 7 rings (SSSR count). The van der Waals surface area contributed by atoms with Crippen LogP contribution in [0.15, 0.2) is 48.5 Å². The number of anilines is 1. The molecule has 2 aromatic rings. The lowest BCUT2D eigenvalue weighted by molar-refractivity contribution is -0.285. The van der Waals surface area contributed by atoms with E-state index in [-0.39, 0.29) is 11.1 Å². The number of hydrogen-bond acceptors (Lipinski definition) is 4. The van der Waals surface area contributed by atoms with E-state index in [1.165, 1.54) is 36.1 Å². The van der Waals surface area contributed by atoms with Gasteiger partial charge in [0.05, 0.1) is 24.9 Å². The van der Waals surface area contributed by atoms with Gasteiger partial charge in [0.15, 0.2) is 0 Å². The molecule has 2 saturated heterocycles. The third kappa shape index (κ3) is 2.67. The Labute approximate surface area is 186 Å². The number of rotatable bonds is 3. The second-order valence-electron chi connectivity index (χ2n) is 11.0. The molecule has 5 aliphatic rings. The zero-order valence-electron chi connectivity index (χ0n) is 19.2. The van der Waals surface area contributed by atoms with E-state index in [1.807, 2.05) is 6.07 Å². The van der Waals surface area contributed by atoms with Crippen molar-refractivity contribution in [3.8, 4) is 5.75 Å². The van der Waals surface area contributed by atoms with Crippen molar-refractivity contribution in [3.05, 3.63) is 59.7 Å². The zero-order chi connectivity index (χ0) is 21.4. The molecular weight excluding hydrogens is 384 g/mol. The lowest BCUT2D eigenvalue weighted by Crippen LogP contribution is -2.62. The van der Waals surface area contributed by atoms with Gasteiger partial charge in [-0.1, -0.05) is 43.7 Å². The van der Waals surface area contributed by atoms with E-state index >= 15 is 0 Å². The predicted octanol–water partition coefficient (Wildman–Crippen LogP) is 5.51. The number of aryl methyl sites for hydroxylation is 1. The van der Waals surface area contributed by atoms with Crippen LogP contribution < -0.4 is 9.64 Å². The van der Waals surface area contributed by atoms with Crippen molar-refractivity contribution in [2.24, 2.45) is 17.3 Å². The van der Waals surface area contributed by atoms with Gasteiger partial charge in [-0.25, -0.2) is 0 Å². The summed E-state index contributed by atoms with van der Waals surface area (Å²) in [7, 11) is 1.76. The second kappa shape index (κ2) is 6.49. The van der Waals surface area contributed by atoms with Gasteiger partial charge >= 0.3 is 0 Å². The molecule has 1 spiro atoms. The van der Waals surface area contributed by atoms with E-state index in [2.05, 4.69) is 73.2 Å². The summed E-state index contributed by atoms with van der Waals surface area (Å²) >= 11 is 0. The normalized spacial score (nSPS) is 35.8. The molecule has 4 heteroatoms. The summed E-state index contributed by atoms with van der Waals surface area (Å²) in [5, 5.41) is 2.33. The Morgan fingerprint density at radius 2 is 1.90 bits per heavy atom. The second-order valence-corrected chi connectivity index (χ2v) is 11.0. The van der Waals surface area contributed by atoms with Crippen LogP contribution in [0.25, 0.3) is 0 Å². The Morgan fingerprint density at radius 3 is 2.61 bits per heavy atom. The third-order valence-electron chi connectivity index (χ3n) is 9.14. The first-order valence-electron chi connectivity index (χ1n) is 11.8. The van der Waals surface area contributed by atoms with Crippen LogP contribution in [0.2, 0.25) is 0 Å². The van der Waals surface area contributed by atoms with Crippen LogP contribution in [0.4, 0.5) is 5.69 Å². The summed E-state index contributed by atoms with van der Waals surface area (Å²) < 4.78 is 5.61. The molecule has 2 aromatic carbocycles. The van der Waals surface area contributed by atoms with Gasteiger partial charge in [0.25, 0.3) is 0 Å². The van der Waals surface area contributed by atoms with Crippen LogP contribution in [0, 0.1) is 24.2 Å². The van der Waals surface area contributed by atoms with Gasteiger partial charge in [-0.15, -0.1) is 0 Å². The van der Waals surface area contributed by atoms with E-state index < -0.39 is 0 Å². The van der Waals surface area contributed by atoms with Crippen LogP contribution in [-0.2, 0) is 10.4 Å². The zero-order valence-corrected chi connectivity index (χ0v) is 19.2. The van der Waals surface area contributed by atoms with Crippen molar-refractivity contribution < 1.29 is 9.57 Å². The van der Waals surface area contributed by atoms with Crippen LogP contribution in [0.1, 0.15) is 50.7 Å². The predicted molar refractivity (Wildman–Crippen MR) is 123 cm³/mol. The van der Waals surface area contributed by atoms with E-state index in [0.29, 0.717) is 11.3 Å². The fraction of sp³-hybridized carbons (Fsp3) is 0.556. The van der Waals surface area contributed by atoms with Crippen LogP contribution >= 0.6 is 0 Å². The highest BCUT2D eigenvalue weighted by atomic mass is 16.7. The van der Waals surface area contributed by atoms with Gasteiger partial charge in [0.1, 0.15) is 5.75 Å². The van der Waals surface area contributed by atoms with Gasteiger partial charge in [0.2, 0.25) is 0 Å². The molecule has 0 amide bonds. The lowest BCUT2D eigenvalue weighted by atomic mass is 9.43. The van der Waals surface area contributed by atoms with Crippen molar-refractivity contribution in [2.45, 2.75) is 57.6 Å². The maximum absolute atomic E-state index is 7.06. The molecule has 0 radical (unpaired) electrons. The average molecular weight is 419 g/mol. The first kappa shape index (κ1) is 19.6. The molecule has 4 atom stereocenters. The quantitative estimate of drug-likeness (QED) is 0.656. The summed E-state index contributed by atoms with van der Waals surface area (Å²) in [5.41, 5.74) is 4.11. The maximum Gasteiger partial charge on any atom is 0.119 e. The highest BCUT2D eigenvalue weighted by Crippen LogP contribution is 2.68. The number of fused-ring (bicyclic) bond motifs is 2. The minimum atomic E-state index is -0.141. The minimum absolute atomic E-state index is 0.0271. The van der Waals surface area contributed by atoms with E-state index in [4.69, 9.17) is 9.57 Å². The van der Waals surface area contributed by atoms with Gasteiger partial charge in [-0.05, 0) is 73.3 Å². The largest absolute Gasteiger partial charge is 0.497 e. The van der Waals surface area contributed by atoms with E-state index in [1.54, 1.807) is 7.11 Å². The highest BCUT2D eigenvalue weighted by Gasteiger charge is 2.69. The molecule has 4 nitrogen and oxygen atoms in total. The topological polar surface area (TPSA) is 24.9 Å². The third-order valence-corrected chi connectivity index (χ3v) is 9.14. The fourth-order valence-corrected chi connectivity index (χ4v) is 7.23. The number of ether oxygens (including phenoxy) is 1. The summed E-state index contributed by atoms with van der Waals surface area (Å²) in [4.78, 5) is 9.53. The molecule has 0 unspecified atom stereocenters. The van der Waals surface area contributed by atoms with Gasteiger partial charge in [-0.2, -0.15) is 5.06 Å². The number of methoxy groups -OCH3 is 1. The first-order chi connectivity index (χ1) is 14.9. The van der Waals surface area contributed by atoms with Crippen LogP contribution in [-0.4, -0.2) is 31.0 Å². The Hall–Kier alpha value is -2.04. The van der Waals surface area contributed by atoms with E-state index in [0.717, 1.165) is 31.3 Å². The molecular formula is C27H34N2O2. The highest BCUT2D eigenvalue weighted by molar-refractivity contribution is 5.51. The summed E-state index contributed by atoms with van der Waals surface area (Å²) in [6, 6.07) is 17.6. The first-order valence-corrected chi connectivity index (χ1v) is 11.8. The molecule has 0 aromatic heterocycles. The number of nitrogens with zero attached hydrogens (tertiary/aromatic N) is 2. The van der Waals surface area contributed by atoms with Gasteiger partial charge < -0.3 is 9.64 Å². The van der Waals surface area contributed by atoms with Crippen LogP contribution in [0.3, 0.4) is 0 Å². The molecule has 31 heavy (non-hydrogen) atoms. The van der Waals surface area contributed by atoms with Gasteiger partial charge in [0, 0.05) is 18.7 Å². The van der Waals surface area contributed by atoms with E-state index in [9.17, 15) is 0 Å². The van der Waals surface area contributed by atoms with Crippen molar-refractivity contribution in [2.75, 3.05) is 25.2 Å².